The normalized spacial score (nSPS) is 11.4. The number of hydrogen-bond donors (Lipinski definition) is 2. The number of benzene rings is 1. The molecule has 0 saturated heterocycles. The Morgan fingerprint density at radius 1 is 1.35 bits per heavy atom. The number of carbonyl (C=O) groups excluding carboxylic acids is 1. The molecule has 0 fully saturated rings. The van der Waals surface area contributed by atoms with Gasteiger partial charge >= 0.3 is 0 Å². The van der Waals surface area contributed by atoms with Crippen LogP contribution in [0.3, 0.4) is 0 Å². The zero-order chi connectivity index (χ0) is 14.7. The predicted molar refractivity (Wildman–Crippen MR) is 88.1 cm³/mol. The van der Waals surface area contributed by atoms with Crippen LogP contribution in [0.1, 0.15) is 22.2 Å². The number of para-hydroxylation sites is 1. The number of halogens is 2. The molecule has 20 heavy (non-hydrogen) atoms. The highest BCUT2D eigenvalue weighted by Gasteiger charge is 2.14. The summed E-state index contributed by atoms with van der Waals surface area (Å²) in [7, 11) is 0. The van der Waals surface area contributed by atoms with Gasteiger partial charge in [-0.1, -0.05) is 23.4 Å². The van der Waals surface area contributed by atoms with Crippen LogP contribution in [0.15, 0.2) is 43.7 Å². The van der Waals surface area contributed by atoms with Gasteiger partial charge in [0.2, 0.25) is 0 Å². The van der Waals surface area contributed by atoms with Crippen LogP contribution >= 0.6 is 43.2 Å². The van der Waals surface area contributed by atoms with Crippen LogP contribution in [0.25, 0.3) is 0 Å². The molecule has 1 aromatic heterocycles. The standard InChI is InChI=1S/C13H10Br2N2O2S/c1-7(17-19)8-4-2-3-5-10(8)16-13(18)11-6-9(14)12(15)20-11/h2-6,19H,1H3,(H,16,18)/b17-7-. The van der Waals surface area contributed by atoms with E-state index in [2.05, 4.69) is 42.3 Å². The first-order chi connectivity index (χ1) is 9.52. The summed E-state index contributed by atoms with van der Waals surface area (Å²) >= 11 is 8.05. The smallest absolute Gasteiger partial charge is 0.265 e. The number of nitrogens with zero attached hydrogens (tertiary/aromatic N) is 1. The first-order valence-electron chi connectivity index (χ1n) is 5.57. The van der Waals surface area contributed by atoms with Gasteiger partial charge in [-0.15, -0.1) is 11.3 Å². The van der Waals surface area contributed by atoms with Crippen LogP contribution < -0.4 is 5.32 Å². The molecule has 0 aliphatic heterocycles. The fraction of sp³-hybridized carbons (Fsp3) is 0.0769. The third-order valence-corrected chi connectivity index (χ3v) is 5.84. The molecule has 2 N–H and O–H groups in total. The van der Waals surface area contributed by atoms with Gasteiger partial charge in [-0.3, -0.25) is 4.79 Å². The number of thiophene rings is 1. The van der Waals surface area contributed by atoms with Crippen molar-refractivity contribution >= 4 is 60.5 Å². The molecule has 0 spiro atoms. The number of rotatable bonds is 3. The molecule has 7 heteroatoms. The molecule has 0 saturated carbocycles. The highest BCUT2D eigenvalue weighted by molar-refractivity contribution is 9.13. The van der Waals surface area contributed by atoms with E-state index in [1.54, 1.807) is 25.1 Å². The van der Waals surface area contributed by atoms with E-state index in [-0.39, 0.29) is 5.91 Å². The maximum atomic E-state index is 12.2. The Kier molecular flexibility index (Phi) is 4.95. The second kappa shape index (κ2) is 6.51. The molecule has 0 atom stereocenters. The summed E-state index contributed by atoms with van der Waals surface area (Å²) in [5, 5.41) is 14.9. The SMILES string of the molecule is C/C(=N/O)c1ccccc1NC(=O)c1cc(Br)c(Br)s1. The summed E-state index contributed by atoms with van der Waals surface area (Å²) < 4.78 is 1.71. The van der Waals surface area contributed by atoms with E-state index in [4.69, 9.17) is 5.21 Å². The van der Waals surface area contributed by atoms with Crippen LogP contribution in [0.2, 0.25) is 0 Å². The molecule has 104 valence electrons. The monoisotopic (exact) mass is 416 g/mol. The van der Waals surface area contributed by atoms with Gasteiger partial charge in [0.25, 0.3) is 5.91 Å². The Morgan fingerprint density at radius 3 is 2.65 bits per heavy atom. The van der Waals surface area contributed by atoms with Gasteiger partial charge in [0.15, 0.2) is 0 Å². The highest BCUT2D eigenvalue weighted by Crippen LogP contribution is 2.32. The second-order valence-electron chi connectivity index (χ2n) is 3.92. The van der Waals surface area contributed by atoms with Crippen molar-refractivity contribution < 1.29 is 10.0 Å². The first kappa shape index (κ1) is 15.2. The zero-order valence-electron chi connectivity index (χ0n) is 10.4. The van der Waals surface area contributed by atoms with Crippen molar-refractivity contribution in [1.82, 2.24) is 0 Å². The van der Waals surface area contributed by atoms with Gasteiger partial charge in [0.05, 0.1) is 20.1 Å². The topological polar surface area (TPSA) is 61.7 Å². The zero-order valence-corrected chi connectivity index (χ0v) is 14.3. The van der Waals surface area contributed by atoms with Gasteiger partial charge in [-0.2, -0.15) is 0 Å². The number of amides is 1. The van der Waals surface area contributed by atoms with E-state index in [1.165, 1.54) is 11.3 Å². The molecular formula is C13H10Br2N2O2S. The summed E-state index contributed by atoms with van der Waals surface area (Å²) in [5.41, 5.74) is 1.72. The molecule has 0 aliphatic carbocycles. The number of carbonyl (C=O) groups is 1. The van der Waals surface area contributed by atoms with Crippen LogP contribution in [-0.2, 0) is 0 Å². The Balaban J connectivity index is 2.28. The van der Waals surface area contributed by atoms with Gasteiger partial charge < -0.3 is 10.5 Å². The van der Waals surface area contributed by atoms with Gasteiger partial charge in [-0.25, -0.2) is 0 Å². The van der Waals surface area contributed by atoms with Crippen molar-refractivity contribution in [1.29, 1.82) is 0 Å². The Hall–Kier alpha value is -1.18. The van der Waals surface area contributed by atoms with Crippen molar-refractivity contribution in [3.63, 3.8) is 0 Å². The molecule has 2 aromatic rings. The summed E-state index contributed by atoms with van der Waals surface area (Å²) in [6.07, 6.45) is 0. The summed E-state index contributed by atoms with van der Waals surface area (Å²) in [5.74, 6) is -0.209. The molecule has 0 unspecified atom stereocenters. The lowest BCUT2D eigenvalue weighted by molar-refractivity contribution is 0.103. The van der Waals surface area contributed by atoms with Crippen LogP contribution in [0.5, 0.6) is 0 Å². The van der Waals surface area contributed by atoms with E-state index >= 15 is 0 Å². The van der Waals surface area contributed by atoms with Gasteiger partial charge in [0, 0.05) is 10.0 Å². The molecule has 1 amide bonds. The Labute approximate surface area is 136 Å². The summed E-state index contributed by atoms with van der Waals surface area (Å²) in [6.45, 7) is 1.67. The summed E-state index contributed by atoms with van der Waals surface area (Å²) in [4.78, 5) is 12.8. The van der Waals surface area contributed by atoms with E-state index in [0.717, 1.165) is 8.26 Å². The molecule has 0 bridgehead atoms. The summed E-state index contributed by atoms with van der Waals surface area (Å²) in [6, 6.07) is 8.92. The maximum Gasteiger partial charge on any atom is 0.265 e. The van der Waals surface area contributed by atoms with Crippen LogP contribution in [0, 0.1) is 0 Å². The number of anilines is 1. The predicted octanol–water partition coefficient (Wildman–Crippen LogP) is 4.72. The maximum absolute atomic E-state index is 12.2. The minimum absolute atomic E-state index is 0.209. The lowest BCUT2D eigenvalue weighted by atomic mass is 10.1. The molecule has 1 aromatic carbocycles. The van der Waals surface area contributed by atoms with Crippen LogP contribution in [0.4, 0.5) is 5.69 Å². The van der Waals surface area contributed by atoms with Crippen molar-refractivity contribution in [2.45, 2.75) is 6.92 Å². The van der Waals surface area contributed by atoms with E-state index in [9.17, 15) is 4.79 Å². The highest BCUT2D eigenvalue weighted by atomic mass is 79.9. The number of nitrogens with one attached hydrogen (secondary N) is 1. The van der Waals surface area contributed by atoms with Gasteiger partial charge in [-0.05, 0) is 50.9 Å². The molecule has 0 radical (unpaired) electrons. The molecule has 2 rings (SSSR count). The molecular weight excluding hydrogens is 408 g/mol. The average molecular weight is 418 g/mol. The minimum atomic E-state index is -0.209. The van der Waals surface area contributed by atoms with E-state index in [1.807, 2.05) is 12.1 Å². The minimum Gasteiger partial charge on any atom is -0.411 e. The van der Waals surface area contributed by atoms with Crippen LogP contribution in [-0.4, -0.2) is 16.8 Å². The number of hydrogen-bond acceptors (Lipinski definition) is 4. The van der Waals surface area contributed by atoms with Gasteiger partial charge in [0.1, 0.15) is 0 Å². The van der Waals surface area contributed by atoms with Crippen molar-refractivity contribution in [3.8, 4) is 0 Å². The molecule has 4 nitrogen and oxygen atoms in total. The fourth-order valence-corrected chi connectivity index (χ4v) is 3.53. The Morgan fingerprint density at radius 2 is 2.05 bits per heavy atom. The molecule has 1 heterocycles. The third-order valence-electron chi connectivity index (χ3n) is 2.58. The largest absolute Gasteiger partial charge is 0.411 e. The second-order valence-corrected chi connectivity index (χ2v) is 7.14. The van der Waals surface area contributed by atoms with E-state index < -0.39 is 0 Å². The third kappa shape index (κ3) is 3.28. The lowest BCUT2D eigenvalue weighted by Gasteiger charge is -2.09. The van der Waals surface area contributed by atoms with Crippen molar-refractivity contribution in [2.75, 3.05) is 5.32 Å². The lowest BCUT2D eigenvalue weighted by Crippen LogP contribution is -2.13. The average Bonchev–Trinajstić information content (AvgIpc) is 2.78. The Bertz CT molecular complexity index is 663. The number of oxime groups is 1. The van der Waals surface area contributed by atoms with Crippen molar-refractivity contribution in [2.24, 2.45) is 5.16 Å². The van der Waals surface area contributed by atoms with E-state index in [0.29, 0.717) is 21.8 Å². The molecule has 0 aliphatic rings. The first-order valence-corrected chi connectivity index (χ1v) is 7.97. The fourth-order valence-electron chi connectivity index (χ4n) is 1.60. The van der Waals surface area contributed by atoms with Crippen molar-refractivity contribution in [3.05, 3.63) is 49.0 Å². The quantitative estimate of drug-likeness (QED) is 0.431.